The van der Waals surface area contributed by atoms with E-state index in [1.165, 1.54) is 0 Å². The molecule has 0 aliphatic carbocycles. The van der Waals surface area contributed by atoms with E-state index in [0.29, 0.717) is 13.1 Å². The second kappa shape index (κ2) is 4.35. The standard InChI is InChI=1S/C12H14N2O2/c13-11(15)6-8-14-7-5-9-3-1-2-4-10(9)12(14)16/h1-4H,5-8H2,(H2,13,15). The molecule has 0 atom stereocenters. The van der Waals surface area contributed by atoms with Crippen molar-refractivity contribution in [2.24, 2.45) is 5.73 Å². The van der Waals surface area contributed by atoms with E-state index in [4.69, 9.17) is 5.73 Å². The number of hydrogen-bond donors (Lipinski definition) is 1. The van der Waals surface area contributed by atoms with E-state index >= 15 is 0 Å². The van der Waals surface area contributed by atoms with Crippen LogP contribution in [0.2, 0.25) is 0 Å². The zero-order chi connectivity index (χ0) is 11.5. The van der Waals surface area contributed by atoms with Crippen molar-refractivity contribution in [2.45, 2.75) is 12.8 Å². The van der Waals surface area contributed by atoms with Crippen molar-refractivity contribution in [3.05, 3.63) is 35.4 Å². The summed E-state index contributed by atoms with van der Waals surface area (Å²) in [5.74, 6) is -0.366. The van der Waals surface area contributed by atoms with Gasteiger partial charge in [-0.1, -0.05) is 18.2 Å². The van der Waals surface area contributed by atoms with Gasteiger partial charge in [0, 0.05) is 25.1 Å². The smallest absolute Gasteiger partial charge is 0.254 e. The molecule has 0 saturated heterocycles. The Morgan fingerprint density at radius 1 is 1.38 bits per heavy atom. The van der Waals surface area contributed by atoms with Crippen molar-refractivity contribution >= 4 is 11.8 Å². The highest BCUT2D eigenvalue weighted by Gasteiger charge is 2.23. The minimum Gasteiger partial charge on any atom is -0.370 e. The number of amides is 2. The summed E-state index contributed by atoms with van der Waals surface area (Å²) in [6.45, 7) is 1.09. The topological polar surface area (TPSA) is 63.4 Å². The lowest BCUT2D eigenvalue weighted by Gasteiger charge is -2.28. The van der Waals surface area contributed by atoms with Crippen LogP contribution in [0.15, 0.2) is 24.3 Å². The molecule has 0 radical (unpaired) electrons. The van der Waals surface area contributed by atoms with E-state index in [9.17, 15) is 9.59 Å². The van der Waals surface area contributed by atoms with Crippen LogP contribution in [0.5, 0.6) is 0 Å². The Kier molecular flexibility index (Phi) is 2.90. The first-order chi connectivity index (χ1) is 7.68. The van der Waals surface area contributed by atoms with Crippen LogP contribution in [0, 0.1) is 0 Å². The Labute approximate surface area is 94.0 Å². The van der Waals surface area contributed by atoms with Crippen LogP contribution in [0.3, 0.4) is 0 Å². The number of primary amides is 1. The summed E-state index contributed by atoms with van der Waals surface area (Å²) in [5.41, 5.74) is 6.91. The summed E-state index contributed by atoms with van der Waals surface area (Å²) < 4.78 is 0. The summed E-state index contributed by atoms with van der Waals surface area (Å²) in [4.78, 5) is 24.4. The molecule has 2 rings (SSSR count). The molecule has 1 aromatic carbocycles. The zero-order valence-electron chi connectivity index (χ0n) is 8.98. The van der Waals surface area contributed by atoms with Crippen molar-refractivity contribution < 1.29 is 9.59 Å². The maximum atomic E-state index is 12.0. The predicted octanol–water partition coefficient (Wildman–Crippen LogP) is 0.560. The van der Waals surface area contributed by atoms with Crippen LogP contribution in [0.1, 0.15) is 22.3 Å². The molecule has 4 nitrogen and oxygen atoms in total. The highest BCUT2D eigenvalue weighted by molar-refractivity contribution is 5.96. The molecule has 16 heavy (non-hydrogen) atoms. The number of carbonyl (C=O) groups excluding carboxylic acids is 2. The fourth-order valence-corrected chi connectivity index (χ4v) is 1.93. The molecule has 2 amide bonds. The molecular formula is C12H14N2O2. The van der Waals surface area contributed by atoms with Crippen LogP contribution < -0.4 is 5.73 Å². The lowest BCUT2D eigenvalue weighted by molar-refractivity contribution is -0.118. The Balaban J connectivity index is 2.12. The van der Waals surface area contributed by atoms with Crippen molar-refractivity contribution in [3.63, 3.8) is 0 Å². The third-order valence-corrected chi connectivity index (χ3v) is 2.81. The highest BCUT2D eigenvalue weighted by Crippen LogP contribution is 2.18. The Hall–Kier alpha value is -1.84. The lowest BCUT2D eigenvalue weighted by Crippen LogP contribution is -2.39. The molecule has 4 heteroatoms. The Morgan fingerprint density at radius 3 is 2.88 bits per heavy atom. The zero-order valence-corrected chi connectivity index (χ0v) is 8.98. The van der Waals surface area contributed by atoms with E-state index in [2.05, 4.69) is 0 Å². The molecule has 1 heterocycles. The monoisotopic (exact) mass is 218 g/mol. The molecule has 0 aromatic heterocycles. The molecule has 0 fully saturated rings. The molecule has 84 valence electrons. The maximum Gasteiger partial charge on any atom is 0.254 e. The minimum absolute atomic E-state index is 0.00287. The van der Waals surface area contributed by atoms with Gasteiger partial charge in [-0.05, 0) is 18.1 Å². The van der Waals surface area contributed by atoms with Gasteiger partial charge in [-0.15, -0.1) is 0 Å². The molecule has 1 aromatic rings. The third kappa shape index (κ3) is 2.05. The van der Waals surface area contributed by atoms with Gasteiger partial charge in [0.05, 0.1) is 0 Å². The van der Waals surface area contributed by atoms with Crippen LogP contribution in [-0.4, -0.2) is 29.8 Å². The van der Waals surface area contributed by atoms with Gasteiger partial charge in [-0.25, -0.2) is 0 Å². The first-order valence-corrected chi connectivity index (χ1v) is 5.34. The largest absolute Gasteiger partial charge is 0.370 e. The fourth-order valence-electron chi connectivity index (χ4n) is 1.93. The van der Waals surface area contributed by atoms with E-state index in [1.54, 1.807) is 4.90 Å². The second-order valence-electron chi connectivity index (χ2n) is 3.92. The van der Waals surface area contributed by atoms with Crippen LogP contribution in [-0.2, 0) is 11.2 Å². The van der Waals surface area contributed by atoms with Gasteiger partial charge in [0.25, 0.3) is 5.91 Å². The van der Waals surface area contributed by atoms with Gasteiger partial charge in [0.15, 0.2) is 0 Å². The number of carbonyl (C=O) groups is 2. The van der Waals surface area contributed by atoms with Crippen LogP contribution >= 0.6 is 0 Å². The molecule has 2 N–H and O–H groups in total. The first kappa shape index (κ1) is 10.7. The van der Waals surface area contributed by atoms with E-state index in [1.807, 2.05) is 24.3 Å². The SMILES string of the molecule is NC(=O)CCN1CCc2ccccc2C1=O. The minimum atomic E-state index is -0.369. The van der Waals surface area contributed by atoms with Crippen LogP contribution in [0.4, 0.5) is 0 Å². The van der Waals surface area contributed by atoms with Crippen molar-refractivity contribution in [2.75, 3.05) is 13.1 Å². The molecule has 0 bridgehead atoms. The lowest BCUT2D eigenvalue weighted by atomic mass is 9.99. The molecule has 0 unspecified atom stereocenters. The first-order valence-electron chi connectivity index (χ1n) is 5.34. The predicted molar refractivity (Wildman–Crippen MR) is 59.9 cm³/mol. The van der Waals surface area contributed by atoms with Crippen molar-refractivity contribution in [3.8, 4) is 0 Å². The average molecular weight is 218 g/mol. The third-order valence-electron chi connectivity index (χ3n) is 2.81. The normalized spacial score (nSPS) is 14.8. The van der Waals surface area contributed by atoms with E-state index < -0.39 is 0 Å². The second-order valence-corrected chi connectivity index (χ2v) is 3.92. The van der Waals surface area contributed by atoms with Gasteiger partial charge >= 0.3 is 0 Å². The molecule has 1 aliphatic rings. The van der Waals surface area contributed by atoms with Gasteiger partial charge in [-0.3, -0.25) is 9.59 Å². The number of nitrogens with zero attached hydrogens (tertiary/aromatic N) is 1. The van der Waals surface area contributed by atoms with Gasteiger partial charge in [0.2, 0.25) is 5.91 Å². The number of fused-ring (bicyclic) bond motifs is 1. The summed E-state index contributed by atoms with van der Waals surface area (Å²) >= 11 is 0. The van der Waals surface area contributed by atoms with Gasteiger partial charge in [-0.2, -0.15) is 0 Å². The summed E-state index contributed by atoms with van der Waals surface area (Å²) in [6.07, 6.45) is 1.08. The van der Waals surface area contributed by atoms with Gasteiger partial charge in [0.1, 0.15) is 0 Å². The summed E-state index contributed by atoms with van der Waals surface area (Å²) in [6, 6.07) is 7.59. The fraction of sp³-hybridized carbons (Fsp3) is 0.333. The number of rotatable bonds is 3. The molecule has 0 spiro atoms. The quantitative estimate of drug-likeness (QED) is 0.805. The Bertz CT molecular complexity index is 429. The van der Waals surface area contributed by atoms with E-state index in [0.717, 1.165) is 17.5 Å². The summed E-state index contributed by atoms with van der Waals surface area (Å²) in [7, 11) is 0. The average Bonchev–Trinajstić information content (AvgIpc) is 2.28. The van der Waals surface area contributed by atoms with Crippen LogP contribution in [0.25, 0.3) is 0 Å². The van der Waals surface area contributed by atoms with Gasteiger partial charge < -0.3 is 10.6 Å². The Morgan fingerprint density at radius 2 is 2.12 bits per heavy atom. The van der Waals surface area contributed by atoms with Crippen molar-refractivity contribution in [1.29, 1.82) is 0 Å². The molecular weight excluding hydrogens is 204 g/mol. The van der Waals surface area contributed by atoms with Crippen molar-refractivity contribution in [1.82, 2.24) is 4.90 Å². The summed E-state index contributed by atoms with van der Waals surface area (Å²) in [5, 5.41) is 0. The van der Waals surface area contributed by atoms with E-state index in [-0.39, 0.29) is 18.2 Å². The molecule has 0 saturated carbocycles. The molecule has 1 aliphatic heterocycles. The maximum absolute atomic E-state index is 12.0. The number of benzene rings is 1. The number of hydrogen-bond acceptors (Lipinski definition) is 2. The number of nitrogens with two attached hydrogens (primary N) is 1. The highest BCUT2D eigenvalue weighted by atomic mass is 16.2.